The molecule has 0 radical (unpaired) electrons. The molecule has 14 heteroatoms. The summed E-state index contributed by atoms with van der Waals surface area (Å²) in [7, 11) is 0. The Balaban J connectivity index is 1.40. The third kappa shape index (κ3) is 5.48. The highest BCUT2D eigenvalue weighted by Gasteiger charge is 2.42. The zero-order valence-corrected chi connectivity index (χ0v) is 15.6. The summed E-state index contributed by atoms with van der Waals surface area (Å²) in [5, 5.41) is 0. The molecular weight excluding hydrogens is 431 g/mol. The number of amides is 4. The Kier molecular flexibility index (Phi) is 6.72. The van der Waals surface area contributed by atoms with E-state index in [1.165, 1.54) is 12.1 Å². The second-order valence-corrected chi connectivity index (χ2v) is 6.22. The van der Waals surface area contributed by atoms with Gasteiger partial charge >= 0.3 is 12.5 Å². The lowest BCUT2D eigenvalue weighted by Gasteiger charge is -2.32. The highest BCUT2D eigenvalue weighted by atomic mass is 19.4. The minimum Gasteiger partial charge on any atom is -0.446 e. The number of fused-ring (bicyclic) bond motifs is 1. The predicted molar refractivity (Wildman–Crippen MR) is 91.1 cm³/mol. The monoisotopic (exact) mass is 447 g/mol. The molecule has 0 saturated carbocycles. The lowest BCUT2D eigenvalue weighted by molar-refractivity contribution is -0.326. The number of ether oxygens (including phenoxy) is 4. The standard InChI is InChI=1S/C17H16F3N3O8/c18-17(19,20)31-6-5-28-16(27)22-21-12(24)15-29-7-9(8-30-15)23-13(25)10-3-1-2-4-11(10)14(23)26/h1-4,9,15H,5-8H2,(H,21,24)(H,22,27). The molecule has 0 unspecified atom stereocenters. The second kappa shape index (κ2) is 9.28. The highest BCUT2D eigenvalue weighted by molar-refractivity contribution is 6.21. The van der Waals surface area contributed by atoms with E-state index in [9.17, 15) is 32.3 Å². The lowest BCUT2D eigenvalue weighted by atomic mass is 10.1. The van der Waals surface area contributed by atoms with Gasteiger partial charge in [-0.25, -0.2) is 10.2 Å². The third-order valence-electron chi connectivity index (χ3n) is 4.15. The molecule has 2 aliphatic heterocycles. The fourth-order valence-corrected chi connectivity index (χ4v) is 2.83. The molecule has 0 bridgehead atoms. The van der Waals surface area contributed by atoms with Gasteiger partial charge in [0.2, 0.25) is 6.29 Å². The molecule has 1 saturated heterocycles. The maximum absolute atomic E-state index is 12.4. The summed E-state index contributed by atoms with van der Waals surface area (Å²) < 4.78 is 53.5. The number of imide groups is 1. The molecule has 2 heterocycles. The molecule has 11 nitrogen and oxygen atoms in total. The van der Waals surface area contributed by atoms with Crippen LogP contribution >= 0.6 is 0 Å². The fraction of sp³-hybridized carbons (Fsp3) is 0.412. The molecule has 0 aromatic heterocycles. The fourth-order valence-electron chi connectivity index (χ4n) is 2.83. The van der Waals surface area contributed by atoms with Crippen molar-refractivity contribution < 1.29 is 51.3 Å². The van der Waals surface area contributed by atoms with Crippen LogP contribution in [0.4, 0.5) is 18.0 Å². The van der Waals surface area contributed by atoms with E-state index in [2.05, 4.69) is 9.47 Å². The van der Waals surface area contributed by atoms with Gasteiger partial charge in [-0.3, -0.25) is 29.4 Å². The van der Waals surface area contributed by atoms with Crippen LogP contribution in [0.3, 0.4) is 0 Å². The summed E-state index contributed by atoms with van der Waals surface area (Å²) in [4.78, 5) is 49.1. The van der Waals surface area contributed by atoms with Crippen LogP contribution < -0.4 is 10.9 Å². The predicted octanol–water partition coefficient (Wildman–Crippen LogP) is 0.318. The smallest absolute Gasteiger partial charge is 0.446 e. The average Bonchev–Trinajstić information content (AvgIpc) is 2.99. The summed E-state index contributed by atoms with van der Waals surface area (Å²) in [5.74, 6) is -1.94. The van der Waals surface area contributed by atoms with Crippen molar-refractivity contribution in [3.63, 3.8) is 0 Å². The number of benzene rings is 1. The molecule has 31 heavy (non-hydrogen) atoms. The first-order valence-electron chi connectivity index (χ1n) is 8.81. The van der Waals surface area contributed by atoms with Crippen molar-refractivity contribution in [2.24, 2.45) is 0 Å². The molecular formula is C17H16F3N3O8. The van der Waals surface area contributed by atoms with Gasteiger partial charge in [0.25, 0.3) is 17.7 Å². The summed E-state index contributed by atoms with van der Waals surface area (Å²) >= 11 is 0. The van der Waals surface area contributed by atoms with Crippen molar-refractivity contribution in [3.05, 3.63) is 35.4 Å². The van der Waals surface area contributed by atoms with Gasteiger partial charge < -0.3 is 14.2 Å². The summed E-state index contributed by atoms with van der Waals surface area (Å²) in [5.41, 5.74) is 4.21. The van der Waals surface area contributed by atoms with Crippen molar-refractivity contribution in [2.45, 2.75) is 18.7 Å². The Hall–Kier alpha value is -3.23. The first-order valence-corrected chi connectivity index (χ1v) is 8.81. The van der Waals surface area contributed by atoms with Gasteiger partial charge in [0, 0.05) is 0 Å². The molecule has 0 atom stereocenters. The molecule has 2 N–H and O–H groups in total. The number of halogens is 3. The molecule has 1 fully saturated rings. The number of carbonyl (C=O) groups excluding carboxylic acids is 4. The number of rotatable bonds is 5. The van der Waals surface area contributed by atoms with E-state index in [4.69, 9.17) is 9.47 Å². The minimum atomic E-state index is -4.85. The molecule has 0 spiro atoms. The molecule has 1 aromatic rings. The first kappa shape index (κ1) is 22.5. The van der Waals surface area contributed by atoms with E-state index >= 15 is 0 Å². The van der Waals surface area contributed by atoms with E-state index in [-0.39, 0.29) is 24.3 Å². The van der Waals surface area contributed by atoms with Gasteiger partial charge in [-0.1, -0.05) is 12.1 Å². The van der Waals surface area contributed by atoms with Crippen LogP contribution in [0.5, 0.6) is 0 Å². The number of nitrogens with zero attached hydrogens (tertiary/aromatic N) is 1. The van der Waals surface area contributed by atoms with Crippen molar-refractivity contribution in [2.75, 3.05) is 26.4 Å². The number of alkyl halides is 3. The Bertz CT molecular complexity index is 835. The first-order chi connectivity index (χ1) is 14.7. The molecule has 2 aliphatic rings. The van der Waals surface area contributed by atoms with Crippen molar-refractivity contribution in [1.82, 2.24) is 15.8 Å². The third-order valence-corrected chi connectivity index (χ3v) is 4.15. The zero-order valence-electron chi connectivity index (χ0n) is 15.6. The molecule has 1 aromatic carbocycles. The Morgan fingerprint density at radius 1 is 1.03 bits per heavy atom. The Morgan fingerprint density at radius 2 is 1.61 bits per heavy atom. The van der Waals surface area contributed by atoms with Crippen LogP contribution in [0.25, 0.3) is 0 Å². The number of nitrogens with one attached hydrogen (secondary N) is 2. The maximum Gasteiger partial charge on any atom is 0.522 e. The number of hydrazine groups is 1. The highest BCUT2D eigenvalue weighted by Crippen LogP contribution is 2.26. The van der Waals surface area contributed by atoms with Crippen LogP contribution in [0.15, 0.2) is 24.3 Å². The van der Waals surface area contributed by atoms with Crippen LogP contribution in [-0.2, 0) is 23.7 Å². The minimum absolute atomic E-state index is 0.192. The summed E-state index contributed by atoms with van der Waals surface area (Å²) in [6.45, 7) is -2.01. The van der Waals surface area contributed by atoms with E-state index in [1.54, 1.807) is 17.6 Å². The van der Waals surface area contributed by atoms with Crippen LogP contribution in [0, 0.1) is 0 Å². The van der Waals surface area contributed by atoms with Gasteiger partial charge in [0.05, 0.1) is 37.0 Å². The summed E-state index contributed by atoms with van der Waals surface area (Å²) in [6, 6.07) is 5.54. The van der Waals surface area contributed by atoms with E-state index in [1.807, 2.05) is 5.43 Å². The van der Waals surface area contributed by atoms with Crippen molar-refractivity contribution in [3.8, 4) is 0 Å². The Labute approximate surface area is 172 Å². The Morgan fingerprint density at radius 3 is 2.16 bits per heavy atom. The zero-order chi connectivity index (χ0) is 22.6. The van der Waals surface area contributed by atoms with Crippen LogP contribution in [0.1, 0.15) is 20.7 Å². The normalized spacial score (nSPS) is 20.9. The van der Waals surface area contributed by atoms with Gasteiger partial charge in [0.1, 0.15) is 6.61 Å². The van der Waals surface area contributed by atoms with E-state index in [0.717, 1.165) is 4.90 Å². The van der Waals surface area contributed by atoms with Crippen LogP contribution in [0.2, 0.25) is 0 Å². The largest absolute Gasteiger partial charge is 0.522 e. The summed E-state index contributed by atoms with van der Waals surface area (Å²) in [6.07, 6.45) is -7.55. The number of hydrogen-bond acceptors (Lipinski definition) is 8. The molecule has 168 valence electrons. The van der Waals surface area contributed by atoms with Gasteiger partial charge in [-0.2, -0.15) is 0 Å². The number of carbonyl (C=O) groups is 4. The van der Waals surface area contributed by atoms with Gasteiger partial charge in [-0.15, -0.1) is 13.2 Å². The van der Waals surface area contributed by atoms with Crippen molar-refractivity contribution >= 4 is 23.8 Å². The molecule has 3 rings (SSSR count). The van der Waals surface area contributed by atoms with E-state index < -0.39 is 55.7 Å². The van der Waals surface area contributed by atoms with Crippen molar-refractivity contribution in [1.29, 1.82) is 0 Å². The number of hydrogen-bond donors (Lipinski definition) is 2. The van der Waals surface area contributed by atoms with Gasteiger partial charge in [-0.05, 0) is 12.1 Å². The van der Waals surface area contributed by atoms with Gasteiger partial charge in [0.15, 0.2) is 0 Å². The van der Waals surface area contributed by atoms with E-state index in [0.29, 0.717) is 0 Å². The molecule has 0 aliphatic carbocycles. The topological polar surface area (TPSA) is 132 Å². The quantitative estimate of drug-likeness (QED) is 0.375. The average molecular weight is 447 g/mol. The lowest BCUT2D eigenvalue weighted by Crippen LogP contribution is -2.55. The second-order valence-electron chi connectivity index (χ2n) is 6.22. The maximum atomic E-state index is 12.4. The molecule has 4 amide bonds. The van der Waals surface area contributed by atoms with Crippen LogP contribution in [-0.4, -0.2) is 73.8 Å². The SMILES string of the molecule is O=C(NNC(=O)C1OCC(N2C(=O)c3ccccc3C2=O)CO1)OCCOC(F)(F)F.